The van der Waals surface area contributed by atoms with E-state index < -0.39 is 15.9 Å². The summed E-state index contributed by atoms with van der Waals surface area (Å²) in [5, 5.41) is 5.96. The van der Waals surface area contributed by atoms with Crippen molar-refractivity contribution in [1.82, 2.24) is 9.97 Å². The number of methoxy groups -OCH3 is 2. The topological polar surface area (TPSA) is 158 Å². The highest BCUT2D eigenvalue weighted by Crippen LogP contribution is 2.32. The van der Waals surface area contributed by atoms with E-state index in [4.69, 9.17) is 15.2 Å². The second kappa shape index (κ2) is 10.6. The lowest BCUT2D eigenvalue weighted by molar-refractivity contribution is -0.116. The molecule has 12 heteroatoms. The van der Waals surface area contributed by atoms with Crippen LogP contribution in [0.25, 0.3) is 11.0 Å². The number of carbonyl (C=O) groups excluding carboxylic acids is 1. The van der Waals surface area contributed by atoms with Gasteiger partial charge in [-0.05, 0) is 36.8 Å². The van der Waals surface area contributed by atoms with Gasteiger partial charge in [0.2, 0.25) is 5.91 Å². The van der Waals surface area contributed by atoms with Crippen molar-refractivity contribution in [2.45, 2.75) is 11.8 Å². The van der Waals surface area contributed by atoms with Gasteiger partial charge in [0.05, 0.1) is 36.7 Å². The summed E-state index contributed by atoms with van der Waals surface area (Å²) in [5.41, 5.74) is 8.04. The largest absolute Gasteiger partial charge is 0.497 e. The number of nitrogens with zero attached hydrogens (tertiary/aromatic N) is 2. The summed E-state index contributed by atoms with van der Waals surface area (Å²) < 4.78 is 40.0. The number of nitrogens with one attached hydrogen (secondary N) is 3. The lowest BCUT2D eigenvalue weighted by Gasteiger charge is -2.16. The molecular weight excluding hydrogens is 496 g/mol. The van der Waals surface area contributed by atoms with Gasteiger partial charge in [-0.25, -0.2) is 18.4 Å². The minimum Gasteiger partial charge on any atom is -0.497 e. The Morgan fingerprint density at radius 3 is 2.14 bits per heavy atom. The maximum Gasteiger partial charge on any atom is 0.263 e. The van der Waals surface area contributed by atoms with E-state index in [1.165, 1.54) is 26.4 Å². The number of hydrogen-bond donors (Lipinski definition) is 4. The fraction of sp³-hybridized carbons (Fsp3) is 0.160. The number of para-hydroxylation sites is 2. The molecule has 0 spiro atoms. The van der Waals surface area contributed by atoms with Crippen molar-refractivity contribution in [3.63, 3.8) is 0 Å². The predicted octanol–water partition coefficient (Wildman–Crippen LogP) is 3.40. The summed E-state index contributed by atoms with van der Waals surface area (Å²) in [7, 11) is -1.04. The highest BCUT2D eigenvalue weighted by atomic mass is 32.2. The smallest absolute Gasteiger partial charge is 0.263 e. The van der Waals surface area contributed by atoms with Crippen molar-refractivity contribution in [1.29, 1.82) is 0 Å². The van der Waals surface area contributed by atoms with Gasteiger partial charge in [-0.15, -0.1) is 0 Å². The molecule has 0 atom stereocenters. The molecule has 0 radical (unpaired) electrons. The van der Waals surface area contributed by atoms with Crippen LogP contribution >= 0.6 is 0 Å². The summed E-state index contributed by atoms with van der Waals surface area (Å²) >= 11 is 0. The number of rotatable bonds is 10. The molecule has 1 amide bonds. The number of ether oxygens (including phenoxy) is 2. The van der Waals surface area contributed by atoms with Crippen LogP contribution in [0.15, 0.2) is 65.6 Å². The standard InChI is InChI=1S/C25H26N6O5S/c1-15-8-9-19(13-22(15)27-14-23(26)32)37(33,34)31-25-24(29-20-6-4-5-7-21(20)30-25)28-16-10-17(35-2)12-18(11-16)36-3/h4-13,27H,14H2,1-3H3,(H2,26,32)(H,28,29)(H,30,31). The Morgan fingerprint density at radius 2 is 1.54 bits per heavy atom. The van der Waals surface area contributed by atoms with Crippen molar-refractivity contribution in [2.24, 2.45) is 5.73 Å². The number of carbonyl (C=O) groups is 1. The Bertz CT molecular complexity index is 1550. The van der Waals surface area contributed by atoms with Crippen molar-refractivity contribution in [3.8, 4) is 11.5 Å². The Kier molecular flexibility index (Phi) is 7.30. The fourth-order valence-electron chi connectivity index (χ4n) is 3.50. The predicted molar refractivity (Wildman–Crippen MR) is 142 cm³/mol. The van der Waals surface area contributed by atoms with Crippen LogP contribution in [-0.2, 0) is 14.8 Å². The molecule has 5 N–H and O–H groups in total. The maximum absolute atomic E-state index is 13.4. The van der Waals surface area contributed by atoms with Crippen LogP contribution < -0.4 is 30.6 Å². The van der Waals surface area contributed by atoms with Crippen LogP contribution in [0.1, 0.15) is 5.56 Å². The second-order valence-electron chi connectivity index (χ2n) is 8.04. The zero-order chi connectivity index (χ0) is 26.6. The van der Waals surface area contributed by atoms with E-state index in [9.17, 15) is 13.2 Å². The van der Waals surface area contributed by atoms with Crippen molar-refractivity contribution in [2.75, 3.05) is 36.1 Å². The number of aryl methyl sites for hydroxylation is 1. The Balaban J connectivity index is 1.74. The van der Waals surface area contributed by atoms with Crippen LogP contribution in [0.3, 0.4) is 0 Å². The van der Waals surface area contributed by atoms with Gasteiger partial charge < -0.3 is 25.8 Å². The minimum atomic E-state index is -4.10. The summed E-state index contributed by atoms with van der Waals surface area (Å²) in [6.45, 7) is 1.65. The molecular formula is C25H26N6O5S. The molecule has 192 valence electrons. The summed E-state index contributed by atoms with van der Waals surface area (Å²) in [5.74, 6) is 0.674. The van der Waals surface area contributed by atoms with Crippen LogP contribution in [0.4, 0.5) is 23.0 Å². The third-order valence-electron chi connectivity index (χ3n) is 5.39. The first-order chi connectivity index (χ1) is 17.7. The molecule has 11 nitrogen and oxygen atoms in total. The molecule has 0 aliphatic carbocycles. The molecule has 0 saturated carbocycles. The number of amides is 1. The van der Waals surface area contributed by atoms with Gasteiger partial charge in [-0.1, -0.05) is 18.2 Å². The van der Waals surface area contributed by atoms with E-state index in [1.54, 1.807) is 49.4 Å². The van der Waals surface area contributed by atoms with Gasteiger partial charge in [-0.3, -0.25) is 9.52 Å². The number of anilines is 4. The molecule has 0 aliphatic rings. The fourth-order valence-corrected chi connectivity index (χ4v) is 4.54. The van der Waals surface area contributed by atoms with Crippen LogP contribution in [-0.4, -0.2) is 45.1 Å². The van der Waals surface area contributed by atoms with E-state index in [2.05, 4.69) is 25.3 Å². The molecule has 0 aliphatic heterocycles. The van der Waals surface area contributed by atoms with Gasteiger partial charge in [0.1, 0.15) is 11.5 Å². The van der Waals surface area contributed by atoms with E-state index in [0.717, 1.165) is 5.56 Å². The van der Waals surface area contributed by atoms with E-state index >= 15 is 0 Å². The monoisotopic (exact) mass is 522 g/mol. The van der Waals surface area contributed by atoms with Gasteiger partial charge in [0, 0.05) is 29.6 Å². The number of aromatic nitrogens is 2. The number of sulfonamides is 1. The summed E-state index contributed by atoms with van der Waals surface area (Å²) in [6.07, 6.45) is 0. The Labute approximate surface area is 214 Å². The lowest BCUT2D eigenvalue weighted by Crippen LogP contribution is -2.22. The number of nitrogens with two attached hydrogens (primary N) is 1. The van der Waals surface area contributed by atoms with Crippen LogP contribution in [0, 0.1) is 6.92 Å². The SMILES string of the molecule is COc1cc(Nc2nc3ccccc3nc2NS(=O)(=O)c2ccc(C)c(NCC(N)=O)c2)cc(OC)c1. The number of primary amides is 1. The quantitative estimate of drug-likeness (QED) is 0.245. The molecule has 4 aromatic rings. The Morgan fingerprint density at radius 1 is 0.919 bits per heavy atom. The van der Waals surface area contributed by atoms with Gasteiger partial charge in [-0.2, -0.15) is 0 Å². The lowest BCUT2D eigenvalue weighted by atomic mass is 10.2. The first kappa shape index (κ1) is 25.5. The van der Waals surface area contributed by atoms with E-state index in [0.29, 0.717) is 33.9 Å². The van der Waals surface area contributed by atoms with Gasteiger partial charge >= 0.3 is 0 Å². The average Bonchev–Trinajstić information content (AvgIpc) is 2.87. The van der Waals surface area contributed by atoms with Crippen molar-refractivity contribution in [3.05, 3.63) is 66.2 Å². The minimum absolute atomic E-state index is 0.00675. The number of fused-ring (bicyclic) bond motifs is 1. The van der Waals surface area contributed by atoms with Gasteiger partial charge in [0.25, 0.3) is 10.0 Å². The first-order valence-electron chi connectivity index (χ1n) is 11.1. The third-order valence-corrected chi connectivity index (χ3v) is 6.72. The summed E-state index contributed by atoms with van der Waals surface area (Å²) in [4.78, 5) is 20.2. The molecule has 3 aromatic carbocycles. The molecule has 4 rings (SSSR count). The average molecular weight is 523 g/mol. The molecule has 0 saturated heterocycles. The molecule has 0 fully saturated rings. The highest BCUT2D eigenvalue weighted by molar-refractivity contribution is 7.92. The second-order valence-corrected chi connectivity index (χ2v) is 9.72. The van der Waals surface area contributed by atoms with Crippen LogP contribution in [0.5, 0.6) is 11.5 Å². The third kappa shape index (κ3) is 5.98. The zero-order valence-electron chi connectivity index (χ0n) is 20.4. The van der Waals surface area contributed by atoms with E-state index in [-0.39, 0.29) is 23.1 Å². The number of benzene rings is 3. The maximum atomic E-state index is 13.4. The normalized spacial score (nSPS) is 11.1. The highest BCUT2D eigenvalue weighted by Gasteiger charge is 2.20. The zero-order valence-corrected chi connectivity index (χ0v) is 21.2. The van der Waals surface area contributed by atoms with Crippen molar-refractivity contribution < 1.29 is 22.7 Å². The first-order valence-corrected chi connectivity index (χ1v) is 12.6. The van der Waals surface area contributed by atoms with Gasteiger partial charge in [0.15, 0.2) is 11.6 Å². The van der Waals surface area contributed by atoms with E-state index in [1.807, 2.05) is 6.07 Å². The number of hydrogen-bond acceptors (Lipinski definition) is 9. The molecule has 1 aromatic heterocycles. The molecule has 0 bridgehead atoms. The van der Waals surface area contributed by atoms with Crippen LogP contribution in [0.2, 0.25) is 0 Å². The molecule has 1 heterocycles. The molecule has 0 unspecified atom stereocenters. The summed E-state index contributed by atoms with van der Waals surface area (Å²) in [6, 6.07) is 16.8. The molecule has 37 heavy (non-hydrogen) atoms. The Hall–Kier alpha value is -4.58. The van der Waals surface area contributed by atoms with Crippen molar-refractivity contribution >= 4 is 50.0 Å².